The van der Waals surface area contributed by atoms with Gasteiger partial charge in [-0.25, -0.2) is 13.4 Å². The molecule has 1 aromatic carbocycles. The van der Waals surface area contributed by atoms with Crippen molar-refractivity contribution in [2.24, 2.45) is 5.41 Å². The third-order valence-corrected chi connectivity index (χ3v) is 7.69. The summed E-state index contributed by atoms with van der Waals surface area (Å²) in [5.74, 6) is 0. The largest absolute Gasteiger partial charge is 0.381 e. The maximum Gasteiger partial charge on any atom is 0.243 e. The second kappa shape index (κ2) is 5.51. The molecule has 0 bridgehead atoms. The molecule has 0 amide bonds. The van der Waals surface area contributed by atoms with Crippen molar-refractivity contribution < 1.29 is 13.2 Å². The Morgan fingerprint density at radius 1 is 1.35 bits per heavy atom. The number of aryl methyl sites for hydroxylation is 1. The van der Waals surface area contributed by atoms with E-state index in [9.17, 15) is 8.42 Å². The van der Waals surface area contributed by atoms with E-state index in [1.54, 1.807) is 16.4 Å². The zero-order valence-electron chi connectivity index (χ0n) is 13.1. The Balaban J connectivity index is 1.67. The van der Waals surface area contributed by atoms with Crippen molar-refractivity contribution in [2.45, 2.75) is 31.1 Å². The fourth-order valence-corrected chi connectivity index (χ4v) is 6.23. The number of piperidine rings is 1. The van der Waals surface area contributed by atoms with Crippen molar-refractivity contribution in [3.63, 3.8) is 0 Å². The third kappa shape index (κ3) is 2.69. The van der Waals surface area contributed by atoms with Crippen molar-refractivity contribution in [3.05, 3.63) is 23.2 Å². The van der Waals surface area contributed by atoms with Gasteiger partial charge < -0.3 is 4.74 Å². The number of fused-ring (bicyclic) bond motifs is 1. The fraction of sp³-hybridized carbons (Fsp3) is 0.562. The van der Waals surface area contributed by atoms with Crippen LogP contribution in [0.3, 0.4) is 0 Å². The predicted octanol–water partition coefficient (Wildman–Crippen LogP) is 2.80. The molecule has 2 aromatic rings. The van der Waals surface area contributed by atoms with Crippen LogP contribution in [-0.4, -0.2) is 44.0 Å². The molecule has 1 spiro atoms. The van der Waals surface area contributed by atoms with Gasteiger partial charge in [0.25, 0.3) is 0 Å². The highest BCUT2D eigenvalue weighted by Crippen LogP contribution is 2.39. The summed E-state index contributed by atoms with van der Waals surface area (Å²) in [6, 6.07) is 5.26. The summed E-state index contributed by atoms with van der Waals surface area (Å²) < 4.78 is 34.2. The average molecular weight is 352 g/mol. The number of sulfonamides is 1. The molecule has 7 heteroatoms. The molecule has 0 unspecified atom stereocenters. The van der Waals surface area contributed by atoms with Gasteiger partial charge in [0.1, 0.15) is 0 Å². The number of hydrogen-bond donors (Lipinski definition) is 0. The van der Waals surface area contributed by atoms with Crippen LogP contribution in [0.5, 0.6) is 0 Å². The minimum atomic E-state index is -3.45. The molecule has 0 N–H and O–H groups in total. The molecule has 1 aromatic heterocycles. The number of nitrogens with zero attached hydrogens (tertiary/aromatic N) is 2. The van der Waals surface area contributed by atoms with Gasteiger partial charge in [-0.05, 0) is 44.4 Å². The van der Waals surface area contributed by atoms with Gasteiger partial charge in [-0.15, -0.1) is 11.3 Å². The van der Waals surface area contributed by atoms with E-state index in [1.165, 1.54) is 11.3 Å². The van der Waals surface area contributed by atoms with Crippen molar-refractivity contribution in [1.29, 1.82) is 0 Å². The van der Waals surface area contributed by atoms with Crippen LogP contribution in [0.1, 0.15) is 24.3 Å². The average Bonchev–Trinajstić information content (AvgIpc) is 3.12. The quantitative estimate of drug-likeness (QED) is 0.834. The highest BCUT2D eigenvalue weighted by atomic mass is 32.2. The topological polar surface area (TPSA) is 59.5 Å². The summed E-state index contributed by atoms with van der Waals surface area (Å²) in [5.41, 5.74) is 0.891. The van der Waals surface area contributed by atoms with Crippen LogP contribution in [0, 0.1) is 12.3 Å². The molecule has 2 saturated heterocycles. The van der Waals surface area contributed by atoms with E-state index in [2.05, 4.69) is 4.98 Å². The Kier molecular flexibility index (Phi) is 3.72. The number of aromatic nitrogens is 1. The van der Waals surface area contributed by atoms with Gasteiger partial charge in [0, 0.05) is 25.1 Å². The zero-order chi connectivity index (χ0) is 16.1. The lowest BCUT2D eigenvalue weighted by atomic mass is 9.80. The molecule has 124 valence electrons. The van der Waals surface area contributed by atoms with E-state index in [0.717, 1.165) is 41.1 Å². The van der Waals surface area contributed by atoms with Gasteiger partial charge >= 0.3 is 0 Å². The van der Waals surface area contributed by atoms with Gasteiger partial charge in [-0.3, -0.25) is 0 Å². The highest BCUT2D eigenvalue weighted by Gasteiger charge is 2.42. The van der Waals surface area contributed by atoms with Crippen molar-refractivity contribution in [1.82, 2.24) is 9.29 Å². The van der Waals surface area contributed by atoms with Gasteiger partial charge in [0.05, 0.1) is 26.7 Å². The molecule has 4 rings (SSSR count). The number of thiazole rings is 1. The number of hydrogen-bond acceptors (Lipinski definition) is 5. The highest BCUT2D eigenvalue weighted by molar-refractivity contribution is 7.89. The summed E-state index contributed by atoms with van der Waals surface area (Å²) in [4.78, 5) is 4.78. The van der Waals surface area contributed by atoms with E-state index in [-0.39, 0.29) is 5.41 Å². The number of rotatable bonds is 2. The van der Waals surface area contributed by atoms with Crippen LogP contribution in [0.2, 0.25) is 0 Å². The summed E-state index contributed by atoms with van der Waals surface area (Å²) >= 11 is 1.53. The molecular weight excluding hydrogens is 332 g/mol. The van der Waals surface area contributed by atoms with Crippen molar-refractivity contribution in [2.75, 3.05) is 26.3 Å². The molecule has 1 atom stereocenters. The van der Waals surface area contributed by atoms with Gasteiger partial charge in [0.15, 0.2) is 0 Å². The van der Waals surface area contributed by atoms with Crippen LogP contribution in [0.15, 0.2) is 23.1 Å². The molecule has 2 aliphatic rings. The zero-order valence-corrected chi connectivity index (χ0v) is 14.8. The van der Waals surface area contributed by atoms with Crippen LogP contribution in [0.4, 0.5) is 0 Å². The monoisotopic (exact) mass is 352 g/mol. The van der Waals surface area contributed by atoms with Crippen LogP contribution < -0.4 is 0 Å². The molecule has 5 nitrogen and oxygen atoms in total. The predicted molar refractivity (Wildman–Crippen MR) is 90.2 cm³/mol. The van der Waals surface area contributed by atoms with E-state index < -0.39 is 10.0 Å². The first kappa shape index (κ1) is 15.5. The Morgan fingerprint density at radius 2 is 2.22 bits per heavy atom. The molecule has 23 heavy (non-hydrogen) atoms. The Morgan fingerprint density at radius 3 is 3.00 bits per heavy atom. The normalized spacial score (nSPS) is 26.3. The lowest BCUT2D eigenvalue weighted by Gasteiger charge is -2.38. The molecule has 2 aliphatic heterocycles. The van der Waals surface area contributed by atoms with E-state index in [4.69, 9.17) is 4.74 Å². The lowest BCUT2D eigenvalue weighted by Crippen LogP contribution is -2.46. The Labute approximate surface area is 140 Å². The van der Waals surface area contributed by atoms with Crippen LogP contribution in [0.25, 0.3) is 10.2 Å². The van der Waals surface area contributed by atoms with Crippen molar-refractivity contribution in [3.8, 4) is 0 Å². The maximum atomic E-state index is 13.0. The van der Waals surface area contributed by atoms with Gasteiger partial charge in [-0.1, -0.05) is 0 Å². The maximum absolute atomic E-state index is 13.0. The van der Waals surface area contributed by atoms with E-state index in [1.807, 2.05) is 13.0 Å². The molecule has 0 aliphatic carbocycles. The first-order chi connectivity index (χ1) is 11.0. The van der Waals surface area contributed by atoms with E-state index >= 15 is 0 Å². The summed E-state index contributed by atoms with van der Waals surface area (Å²) in [7, 11) is -3.45. The summed E-state index contributed by atoms with van der Waals surface area (Å²) in [5, 5.41) is 0.953. The molecule has 3 heterocycles. The Hall–Kier alpha value is -1.02. The number of benzene rings is 1. The van der Waals surface area contributed by atoms with Crippen LogP contribution >= 0.6 is 11.3 Å². The molecule has 0 radical (unpaired) electrons. The Bertz CT molecular complexity index is 838. The van der Waals surface area contributed by atoms with Gasteiger partial charge in [-0.2, -0.15) is 4.31 Å². The minimum Gasteiger partial charge on any atom is -0.381 e. The SMILES string of the molecule is Cc1nc2ccc(S(=O)(=O)N3CCC[C@]4(CCOC4)C3)cc2s1. The smallest absolute Gasteiger partial charge is 0.243 e. The molecular formula is C16H20N2O3S2. The summed E-state index contributed by atoms with van der Waals surface area (Å²) in [6.45, 7) is 4.55. The lowest BCUT2D eigenvalue weighted by molar-refractivity contribution is 0.105. The van der Waals surface area contributed by atoms with Gasteiger partial charge in [0.2, 0.25) is 10.0 Å². The number of ether oxygens (including phenoxy) is 1. The standard InChI is InChI=1S/C16H20N2O3S2/c1-12-17-14-4-3-13(9-15(14)22-12)23(19,20)18-7-2-5-16(10-18)6-8-21-11-16/h3-4,9H,2,5-8,10-11H2,1H3/t16-/m0/s1. The third-order valence-electron chi connectivity index (χ3n) is 4.92. The molecule has 0 saturated carbocycles. The fourth-order valence-electron chi connectivity index (χ4n) is 3.67. The second-order valence-corrected chi connectivity index (χ2v) is 9.78. The van der Waals surface area contributed by atoms with Crippen LogP contribution in [-0.2, 0) is 14.8 Å². The molecule has 2 fully saturated rings. The first-order valence-electron chi connectivity index (χ1n) is 7.94. The minimum absolute atomic E-state index is 0.0243. The first-order valence-corrected chi connectivity index (χ1v) is 10.2. The van der Waals surface area contributed by atoms with E-state index in [0.29, 0.717) is 24.6 Å². The summed E-state index contributed by atoms with van der Waals surface area (Å²) in [6.07, 6.45) is 2.93. The second-order valence-electron chi connectivity index (χ2n) is 6.61. The van der Waals surface area contributed by atoms with Crippen molar-refractivity contribution >= 4 is 31.6 Å².